The van der Waals surface area contributed by atoms with Crippen molar-refractivity contribution in [1.29, 1.82) is 0 Å². The SMILES string of the molecule is O=[N+]([O-])c1ccc(COc2ccc(N3CCCCC3)nn2)cc1. The topological polar surface area (TPSA) is 81.4 Å². The second-order valence-corrected chi connectivity index (χ2v) is 5.49. The molecule has 0 unspecified atom stereocenters. The van der Waals surface area contributed by atoms with E-state index in [4.69, 9.17) is 4.74 Å². The Kier molecular flexibility index (Phi) is 4.65. The monoisotopic (exact) mass is 314 g/mol. The van der Waals surface area contributed by atoms with Gasteiger partial charge >= 0.3 is 0 Å². The van der Waals surface area contributed by atoms with Gasteiger partial charge < -0.3 is 9.64 Å². The molecule has 23 heavy (non-hydrogen) atoms. The maximum atomic E-state index is 10.6. The van der Waals surface area contributed by atoms with E-state index in [1.165, 1.54) is 31.4 Å². The number of aromatic nitrogens is 2. The van der Waals surface area contributed by atoms with Crippen LogP contribution in [-0.2, 0) is 6.61 Å². The zero-order valence-electron chi connectivity index (χ0n) is 12.7. The van der Waals surface area contributed by atoms with Crippen molar-refractivity contribution in [2.45, 2.75) is 25.9 Å². The first-order valence-electron chi connectivity index (χ1n) is 7.67. The van der Waals surface area contributed by atoms with Gasteiger partial charge in [0.25, 0.3) is 5.69 Å². The number of nitro benzene ring substituents is 1. The molecule has 0 saturated carbocycles. The van der Waals surface area contributed by atoms with Crippen LogP contribution in [0.4, 0.5) is 11.5 Å². The van der Waals surface area contributed by atoms with E-state index in [9.17, 15) is 10.1 Å². The van der Waals surface area contributed by atoms with Gasteiger partial charge in [-0.3, -0.25) is 10.1 Å². The lowest BCUT2D eigenvalue weighted by Crippen LogP contribution is -2.30. The molecule has 1 aromatic heterocycles. The average molecular weight is 314 g/mol. The molecular weight excluding hydrogens is 296 g/mol. The summed E-state index contributed by atoms with van der Waals surface area (Å²) < 4.78 is 5.57. The highest BCUT2D eigenvalue weighted by molar-refractivity contribution is 5.38. The van der Waals surface area contributed by atoms with Crippen molar-refractivity contribution >= 4 is 11.5 Å². The second-order valence-electron chi connectivity index (χ2n) is 5.49. The Labute approximate surface area is 134 Å². The largest absolute Gasteiger partial charge is 0.472 e. The van der Waals surface area contributed by atoms with Crippen LogP contribution in [-0.4, -0.2) is 28.2 Å². The van der Waals surface area contributed by atoms with Gasteiger partial charge in [-0.1, -0.05) is 0 Å². The van der Waals surface area contributed by atoms with E-state index in [0.717, 1.165) is 24.5 Å². The molecule has 1 fully saturated rings. The first-order valence-corrected chi connectivity index (χ1v) is 7.67. The predicted molar refractivity (Wildman–Crippen MR) is 85.5 cm³/mol. The van der Waals surface area contributed by atoms with Crippen molar-refractivity contribution in [1.82, 2.24) is 10.2 Å². The molecule has 1 aliphatic rings. The van der Waals surface area contributed by atoms with Crippen molar-refractivity contribution in [3.05, 3.63) is 52.1 Å². The van der Waals surface area contributed by atoms with Crippen LogP contribution in [0.5, 0.6) is 5.88 Å². The standard InChI is InChI=1S/C16H18N4O3/c21-20(22)14-6-4-13(5-7-14)12-23-16-9-8-15(17-18-16)19-10-2-1-3-11-19/h4-9H,1-3,10-12H2. The smallest absolute Gasteiger partial charge is 0.269 e. The third-order valence-electron chi connectivity index (χ3n) is 3.84. The number of benzene rings is 1. The van der Waals surface area contributed by atoms with Crippen molar-refractivity contribution in [3.8, 4) is 5.88 Å². The Bertz CT molecular complexity index is 652. The minimum atomic E-state index is -0.421. The summed E-state index contributed by atoms with van der Waals surface area (Å²) >= 11 is 0. The molecule has 7 nitrogen and oxygen atoms in total. The molecular formula is C16H18N4O3. The molecule has 2 heterocycles. The summed E-state index contributed by atoms with van der Waals surface area (Å²) in [5.74, 6) is 1.33. The van der Waals surface area contributed by atoms with E-state index in [1.807, 2.05) is 12.1 Å². The molecule has 1 aliphatic heterocycles. The highest BCUT2D eigenvalue weighted by Gasteiger charge is 2.12. The van der Waals surface area contributed by atoms with Gasteiger partial charge in [-0.05, 0) is 43.0 Å². The van der Waals surface area contributed by atoms with Crippen molar-refractivity contribution in [3.63, 3.8) is 0 Å². The molecule has 1 aromatic carbocycles. The molecule has 0 spiro atoms. The second kappa shape index (κ2) is 7.04. The van der Waals surface area contributed by atoms with Crippen LogP contribution >= 0.6 is 0 Å². The lowest BCUT2D eigenvalue weighted by Gasteiger charge is -2.27. The molecule has 0 N–H and O–H groups in total. The number of hydrogen-bond acceptors (Lipinski definition) is 6. The summed E-state index contributed by atoms with van der Waals surface area (Å²) in [6, 6.07) is 10.0. The van der Waals surface area contributed by atoms with Gasteiger partial charge in [0.15, 0.2) is 5.82 Å². The highest BCUT2D eigenvalue weighted by atomic mass is 16.6. The Hall–Kier alpha value is -2.70. The average Bonchev–Trinajstić information content (AvgIpc) is 2.61. The van der Waals surface area contributed by atoms with Gasteiger partial charge in [0.1, 0.15) is 6.61 Å². The Morgan fingerprint density at radius 1 is 1.04 bits per heavy atom. The van der Waals surface area contributed by atoms with Crippen LogP contribution in [0.15, 0.2) is 36.4 Å². The zero-order chi connectivity index (χ0) is 16.1. The molecule has 2 aromatic rings. The van der Waals surface area contributed by atoms with E-state index in [1.54, 1.807) is 12.1 Å². The summed E-state index contributed by atoms with van der Waals surface area (Å²) in [7, 11) is 0. The van der Waals surface area contributed by atoms with Crippen LogP contribution in [0.25, 0.3) is 0 Å². The molecule has 1 saturated heterocycles. The van der Waals surface area contributed by atoms with E-state index < -0.39 is 4.92 Å². The molecule has 7 heteroatoms. The number of non-ortho nitro benzene ring substituents is 1. The van der Waals surface area contributed by atoms with E-state index in [0.29, 0.717) is 12.5 Å². The minimum absolute atomic E-state index is 0.0689. The molecule has 120 valence electrons. The van der Waals surface area contributed by atoms with Crippen LogP contribution in [0, 0.1) is 10.1 Å². The third kappa shape index (κ3) is 3.94. The van der Waals surface area contributed by atoms with Crippen molar-refractivity contribution in [2.75, 3.05) is 18.0 Å². The van der Waals surface area contributed by atoms with Gasteiger partial charge in [0, 0.05) is 31.3 Å². The lowest BCUT2D eigenvalue weighted by atomic mass is 10.1. The molecule has 0 aliphatic carbocycles. The zero-order valence-corrected chi connectivity index (χ0v) is 12.7. The summed E-state index contributed by atoms with van der Waals surface area (Å²) in [5, 5.41) is 18.9. The van der Waals surface area contributed by atoms with E-state index in [2.05, 4.69) is 15.1 Å². The predicted octanol–water partition coefficient (Wildman–Crippen LogP) is 2.95. The van der Waals surface area contributed by atoms with Crippen molar-refractivity contribution in [2.24, 2.45) is 0 Å². The Morgan fingerprint density at radius 2 is 1.78 bits per heavy atom. The van der Waals surface area contributed by atoms with Gasteiger partial charge in [-0.2, -0.15) is 0 Å². The van der Waals surface area contributed by atoms with E-state index in [-0.39, 0.29) is 5.69 Å². The van der Waals surface area contributed by atoms with Crippen LogP contribution in [0.3, 0.4) is 0 Å². The first kappa shape index (κ1) is 15.2. The van der Waals surface area contributed by atoms with Gasteiger partial charge in [-0.15, -0.1) is 10.2 Å². The fourth-order valence-electron chi connectivity index (χ4n) is 2.55. The molecule has 0 radical (unpaired) electrons. The van der Waals surface area contributed by atoms with Gasteiger partial charge in [0.2, 0.25) is 5.88 Å². The molecule has 3 rings (SSSR count). The Balaban J connectivity index is 1.56. The maximum absolute atomic E-state index is 10.6. The van der Waals surface area contributed by atoms with Crippen molar-refractivity contribution < 1.29 is 9.66 Å². The third-order valence-corrected chi connectivity index (χ3v) is 3.84. The molecule has 0 atom stereocenters. The highest BCUT2D eigenvalue weighted by Crippen LogP contribution is 2.19. The number of ether oxygens (including phenoxy) is 1. The number of anilines is 1. The summed E-state index contributed by atoms with van der Waals surface area (Å²) in [6.45, 7) is 2.35. The minimum Gasteiger partial charge on any atom is -0.472 e. The fraction of sp³-hybridized carbons (Fsp3) is 0.375. The number of nitrogens with zero attached hydrogens (tertiary/aromatic N) is 4. The normalized spacial score (nSPS) is 14.5. The quantitative estimate of drug-likeness (QED) is 0.623. The molecule has 0 bridgehead atoms. The first-order chi connectivity index (χ1) is 11.2. The van der Waals surface area contributed by atoms with Gasteiger partial charge in [-0.25, -0.2) is 0 Å². The summed E-state index contributed by atoms with van der Waals surface area (Å²) in [5.41, 5.74) is 0.914. The summed E-state index contributed by atoms with van der Waals surface area (Å²) in [6.07, 6.45) is 3.67. The summed E-state index contributed by atoms with van der Waals surface area (Å²) in [4.78, 5) is 12.4. The Morgan fingerprint density at radius 3 is 2.39 bits per heavy atom. The number of nitro groups is 1. The van der Waals surface area contributed by atoms with Crippen LogP contribution < -0.4 is 9.64 Å². The van der Waals surface area contributed by atoms with E-state index >= 15 is 0 Å². The number of rotatable bonds is 5. The number of piperidine rings is 1. The maximum Gasteiger partial charge on any atom is 0.269 e. The van der Waals surface area contributed by atoms with Crippen LogP contribution in [0.2, 0.25) is 0 Å². The lowest BCUT2D eigenvalue weighted by molar-refractivity contribution is -0.384. The van der Waals surface area contributed by atoms with Gasteiger partial charge in [0.05, 0.1) is 4.92 Å². The van der Waals surface area contributed by atoms with Crippen LogP contribution in [0.1, 0.15) is 24.8 Å². The fourth-order valence-corrected chi connectivity index (χ4v) is 2.55. The molecule has 0 amide bonds. The number of hydrogen-bond donors (Lipinski definition) is 0.